The van der Waals surface area contributed by atoms with E-state index >= 15 is 0 Å². The third kappa shape index (κ3) is 1.97. The van der Waals surface area contributed by atoms with Crippen LogP contribution in [0.3, 0.4) is 0 Å². The molecule has 0 spiro atoms. The first-order valence-corrected chi connectivity index (χ1v) is 4.80. The fourth-order valence-corrected chi connectivity index (χ4v) is 1.57. The molecule has 0 saturated carbocycles. The Morgan fingerprint density at radius 2 is 2.18 bits per heavy atom. The first kappa shape index (κ1) is 11.1. The van der Waals surface area contributed by atoms with Crippen molar-refractivity contribution in [1.82, 2.24) is 0 Å². The molecule has 0 bridgehead atoms. The number of aliphatic hydroxyl groups is 1. The molecule has 0 aliphatic rings. The van der Waals surface area contributed by atoms with Gasteiger partial charge in [-0.15, -0.1) is 0 Å². The highest BCUT2D eigenvalue weighted by atomic mass is 19.1. The van der Waals surface area contributed by atoms with Crippen LogP contribution in [-0.2, 0) is 0 Å². The van der Waals surface area contributed by atoms with Gasteiger partial charge in [0.2, 0.25) is 0 Å². The van der Waals surface area contributed by atoms with Crippen LogP contribution < -0.4 is 16.1 Å². The van der Waals surface area contributed by atoms with Crippen molar-refractivity contribution in [3.05, 3.63) is 57.2 Å². The number of rotatable bonds is 1. The maximum atomic E-state index is 13.0. The molecule has 1 aromatic heterocycles. The Morgan fingerprint density at radius 3 is 2.82 bits per heavy atom. The summed E-state index contributed by atoms with van der Waals surface area (Å²) in [4.78, 5) is 11.6. The summed E-state index contributed by atoms with van der Waals surface area (Å²) in [5.74, 6) is -0.771. The summed E-state index contributed by atoms with van der Waals surface area (Å²) >= 11 is 0. The van der Waals surface area contributed by atoms with Crippen molar-refractivity contribution in [2.45, 2.75) is 0 Å². The minimum absolute atomic E-state index is 0.108. The molecule has 0 fully saturated rings. The van der Waals surface area contributed by atoms with Gasteiger partial charge in [-0.3, -0.25) is 0 Å². The van der Waals surface area contributed by atoms with Gasteiger partial charge in [-0.25, -0.2) is 9.18 Å². The van der Waals surface area contributed by atoms with Gasteiger partial charge >= 0.3 is 5.63 Å². The number of benzene rings is 1. The van der Waals surface area contributed by atoms with Crippen molar-refractivity contribution in [3.8, 4) is 0 Å². The maximum Gasteiger partial charge on any atom is 0.344 e. The Kier molecular flexibility index (Phi) is 2.55. The molecule has 4 heteroatoms. The van der Waals surface area contributed by atoms with Crippen molar-refractivity contribution >= 4 is 23.6 Å². The maximum absolute atomic E-state index is 13.0. The predicted octanol–water partition coefficient (Wildman–Crippen LogP) is 1.19. The average molecular weight is 232 g/mol. The second-order valence-electron chi connectivity index (χ2n) is 3.56. The molecule has 86 valence electrons. The first-order chi connectivity index (χ1) is 7.99. The quantitative estimate of drug-likeness (QED) is 0.593. The van der Waals surface area contributed by atoms with E-state index in [0.29, 0.717) is 10.6 Å². The molecule has 0 radical (unpaired) electrons. The van der Waals surface area contributed by atoms with E-state index in [1.807, 2.05) is 0 Å². The van der Waals surface area contributed by atoms with E-state index in [1.54, 1.807) is 0 Å². The van der Waals surface area contributed by atoms with E-state index in [9.17, 15) is 9.18 Å². The Hall–Kier alpha value is -2.36. The highest BCUT2D eigenvalue weighted by Crippen LogP contribution is 2.08. The predicted molar refractivity (Wildman–Crippen MR) is 63.4 cm³/mol. The van der Waals surface area contributed by atoms with Crippen LogP contribution in [0.2, 0.25) is 0 Å². The van der Waals surface area contributed by atoms with Crippen LogP contribution in [0.15, 0.2) is 39.7 Å². The van der Waals surface area contributed by atoms with E-state index in [4.69, 9.17) is 9.52 Å². The van der Waals surface area contributed by atoms with Gasteiger partial charge in [-0.2, -0.15) is 0 Å². The molecule has 3 nitrogen and oxygen atoms in total. The summed E-state index contributed by atoms with van der Waals surface area (Å²) in [7, 11) is 0. The van der Waals surface area contributed by atoms with Crippen molar-refractivity contribution in [3.63, 3.8) is 0 Å². The van der Waals surface area contributed by atoms with Gasteiger partial charge in [-0.1, -0.05) is 13.2 Å². The Labute approximate surface area is 95.4 Å². The molecule has 2 rings (SSSR count). The van der Waals surface area contributed by atoms with Crippen molar-refractivity contribution in [1.29, 1.82) is 0 Å². The third-order valence-electron chi connectivity index (χ3n) is 2.33. The molecule has 0 atom stereocenters. The Bertz CT molecular complexity index is 772. The molecule has 1 N–H and O–H groups in total. The fraction of sp³-hybridized carbons (Fsp3) is 0. The minimum atomic E-state index is -0.691. The fourth-order valence-electron chi connectivity index (χ4n) is 1.57. The number of halogens is 1. The lowest BCUT2D eigenvalue weighted by molar-refractivity contribution is 0.443. The zero-order valence-corrected chi connectivity index (χ0v) is 8.87. The van der Waals surface area contributed by atoms with Crippen LogP contribution in [0.4, 0.5) is 4.39 Å². The average Bonchev–Trinajstić information content (AvgIpc) is 2.23. The van der Waals surface area contributed by atoms with Crippen LogP contribution in [0, 0.1) is 5.82 Å². The van der Waals surface area contributed by atoms with Gasteiger partial charge in [0.05, 0.1) is 5.22 Å². The lowest BCUT2D eigenvalue weighted by atomic mass is 10.1. The van der Waals surface area contributed by atoms with Crippen molar-refractivity contribution in [2.75, 3.05) is 0 Å². The van der Waals surface area contributed by atoms with E-state index in [1.165, 1.54) is 12.1 Å². The van der Waals surface area contributed by atoms with Gasteiger partial charge in [0.1, 0.15) is 17.2 Å². The standard InChI is InChI=1S/C13H9FO3/c1-7(15)5-11-8(2)10-4-3-9(14)6-12(10)17-13(11)16/h3-6,15H,1-2H2/b11-5+. The van der Waals surface area contributed by atoms with E-state index in [-0.39, 0.29) is 16.6 Å². The van der Waals surface area contributed by atoms with Gasteiger partial charge in [0.15, 0.2) is 0 Å². The molecule has 1 aromatic carbocycles. The van der Waals surface area contributed by atoms with Crippen LogP contribution >= 0.6 is 0 Å². The van der Waals surface area contributed by atoms with Gasteiger partial charge in [0.25, 0.3) is 0 Å². The normalized spacial score (nSPS) is 11.9. The summed E-state index contributed by atoms with van der Waals surface area (Å²) in [6.45, 7) is 6.98. The summed E-state index contributed by atoms with van der Waals surface area (Å²) in [5.41, 5.74) is -0.566. The molecule has 0 unspecified atom stereocenters. The largest absolute Gasteiger partial charge is 0.509 e. The molecular formula is C13H9FO3. The van der Waals surface area contributed by atoms with Crippen molar-refractivity contribution in [2.24, 2.45) is 0 Å². The van der Waals surface area contributed by atoms with Gasteiger partial charge in [-0.05, 0) is 23.4 Å². The number of hydrogen-bond donors (Lipinski definition) is 1. The molecule has 0 aliphatic heterocycles. The molecule has 2 aromatic rings. The SMILES string of the molecule is C=C(O)/C=c1/c(=O)oc2cc(F)ccc2c1=C. The highest BCUT2D eigenvalue weighted by Gasteiger charge is 2.03. The molecular weight excluding hydrogens is 223 g/mol. The number of aliphatic hydroxyl groups excluding tert-OH is 1. The van der Waals surface area contributed by atoms with Crippen LogP contribution in [0.1, 0.15) is 0 Å². The zero-order chi connectivity index (χ0) is 12.6. The monoisotopic (exact) mass is 232 g/mol. The minimum Gasteiger partial charge on any atom is -0.509 e. The van der Waals surface area contributed by atoms with Gasteiger partial charge < -0.3 is 9.52 Å². The van der Waals surface area contributed by atoms with Crippen molar-refractivity contribution < 1.29 is 13.9 Å². The summed E-state index contributed by atoms with van der Waals surface area (Å²) in [5, 5.41) is 10.0. The van der Waals surface area contributed by atoms with Crippen LogP contribution in [0.5, 0.6) is 0 Å². The lowest BCUT2D eigenvalue weighted by Crippen LogP contribution is -2.38. The van der Waals surface area contributed by atoms with E-state index < -0.39 is 11.4 Å². The smallest absolute Gasteiger partial charge is 0.344 e. The van der Waals surface area contributed by atoms with Crippen LogP contribution in [-0.4, -0.2) is 5.11 Å². The molecule has 0 aliphatic carbocycles. The highest BCUT2D eigenvalue weighted by molar-refractivity contribution is 5.77. The first-order valence-electron chi connectivity index (χ1n) is 4.80. The molecule has 0 amide bonds. The van der Waals surface area contributed by atoms with Crippen LogP contribution in [0.25, 0.3) is 23.6 Å². The number of hydrogen-bond acceptors (Lipinski definition) is 3. The summed E-state index contributed by atoms with van der Waals surface area (Å²) in [6.07, 6.45) is 1.16. The second-order valence-corrected chi connectivity index (χ2v) is 3.56. The number of fused-ring (bicyclic) bond motifs is 1. The number of allylic oxidation sites excluding steroid dienone is 1. The van der Waals surface area contributed by atoms with E-state index in [0.717, 1.165) is 12.1 Å². The van der Waals surface area contributed by atoms with E-state index in [2.05, 4.69) is 13.2 Å². The summed E-state index contributed by atoms with van der Waals surface area (Å²) in [6, 6.07) is 3.82. The Morgan fingerprint density at radius 1 is 1.47 bits per heavy atom. The second kappa shape index (κ2) is 3.90. The summed E-state index contributed by atoms with van der Waals surface area (Å²) < 4.78 is 17.9. The lowest BCUT2D eigenvalue weighted by Gasteiger charge is -1.98. The van der Waals surface area contributed by atoms with Gasteiger partial charge in [0, 0.05) is 11.5 Å². The molecule has 1 heterocycles. The zero-order valence-electron chi connectivity index (χ0n) is 8.87. The Balaban J connectivity index is 3.02. The third-order valence-corrected chi connectivity index (χ3v) is 2.33. The topological polar surface area (TPSA) is 50.4 Å². The molecule has 0 saturated heterocycles. The molecule has 17 heavy (non-hydrogen) atoms.